The molecule has 0 bridgehead atoms. The largest absolute Gasteiger partial charge is 0.493 e. The van der Waals surface area contributed by atoms with Crippen LogP contribution in [0.15, 0.2) is 48.5 Å². The van der Waals surface area contributed by atoms with Gasteiger partial charge in [-0.2, -0.15) is 0 Å². The van der Waals surface area contributed by atoms with Gasteiger partial charge in [0.25, 0.3) is 0 Å². The molecular formula is C32H32Cl2F3N3O6. The van der Waals surface area contributed by atoms with E-state index in [0.29, 0.717) is 77.2 Å². The van der Waals surface area contributed by atoms with E-state index in [1.165, 1.54) is 18.1 Å². The average Bonchev–Trinajstić information content (AvgIpc) is 3.06. The van der Waals surface area contributed by atoms with Crippen molar-refractivity contribution in [2.24, 2.45) is 0 Å². The van der Waals surface area contributed by atoms with Gasteiger partial charge in [0.15, 0.2) is 29.2 Å². The summed E-state index contributed by atoms with van der Waals surface area (Å²) in [7, 11) is 1.44. The fourth-order valence-electron chi connectivity index (χ4n) is 5.03. The highest BCUT2D eigenvalue weighted by atomic mass is 35.5. The second kappa shape index (κ2) is 15.9. The summed E-state index contributed by atoms with van der Waals surface area (Å²) in [6, 6.07) is 10.7. The summed E-state index contributed by atoms with van der Waals surface area (Å²) in [4.78, 5) is 41.6. The molecule has 0 unspecified atom stereocenters. The third kappa shape index (κ3) is 8.16. The molecule has 14 heteroatoms. The lowest BCUT2D eigenvalue weighted by molar-refractivity contribution is -0.119. The number of halogens is 5. The number of piperidine rings is 1. The van der Waals surface area contributed by atoms with Crippen molar-refractivity contribution >= 4 is 47.7 Å². The molecule has 3 aromatic rings. The first-order chi connectivity index (χ1) is 22.1. The number of amides is 4. The first-order valence-corrected chi connectivity index (χ1v) is 15.0. The highest BCUT2D eigenvalue weighted by Gasteiger charge is 2.34. The molecule has 9 nitrogen and oxygen atoms in total. The first kappa shape index (κ1) is 34.7. The minimum absolute atomic E-state index is 0.145. The van der Waals surface area contributed by atoms with Crippen LogP contribution >= 0.6 is 23.2 Å². The van der Waals surface area contributed by atoms with Crippen LogP contribution in [0.4, 0.5) is 23.7 Å². The molecule has 4 amide bonds. The molecule has 0 aliphatic carbocycles. The number of rotatable bonds is 13. The Bertz CT molecular complexity index is 1550. The molecule has 0 aromatic heterocycles. The molecular weight excluding hydrogens is 650 g/mol. The summed E-state index contributed by atoms with van der Waals surface area (Å²) in [5.74, 6) is -0.241. The molecule has 1 aliphatic heterocycles. The second-order valence-corrected chi connectivity index (χ2v) is 11.4. The minimum atomic E-state index is -1.48. The molecule has 46 heavy (non-hydrogen) atoms. The van der Waals surface area contributed by atoms with E-state index in [2.05, 4.69) is 0 Å². The van der Waals surface area contributed by atoms with Gasteiger partial charge in [-0.25, -0.2) is 18.0 Å². The van der Waals surface area contributed by atoms with Crippen LogP contribution in [-0.2, 0) is 16.1 Å². The van der Waals surface area contributed by atoms with Crippen LogP contribution in [0.2, 0.25) is 10.0 Å². The van der Waals surface area contributed by atoms with Gasteiger partial charge in [0, 0.05) is 31.3 Å². The molecule has 1 aliphatic rings. The van der Waals surface area contributed by atoms with Crippen molar-refractivity contribution in [3.63, 3.8) is 0 Å². The second-order valence-electron chi connectivity index (χ2n) is 10.5. The van der Waals surface area contributed by atoms with Crippen molar-refractivity contribution in [1.82, 2.24) is 9.80 Å². The number of ether oxygens (including phenoxy) is 3. The van der Waals surface area contributed by atoms with Crippen molar-refractivity contribution in [2.75, 3.05) is 38.4 Å². The fraction of sp³-hybridized carbons (Fsp3) is 0.344. The fourth-order valence-corrected chi connectivity index (χ4v) is 5.32. The SMILES string of the molecule is COc1cc(CN(C=O)C(=O)N(c2cc(F)c(OC(CF)CF)cc2C)C2CCN(C=O)CC2)ccc1Oc1ccc(Cl)c(Cl)c1. The summed E-state index contributed by atoms with van der Waals surface area (Å²) < 4.78 is 57.9. The topological polar surface area (TPSA) is 88.6 Å². The molecule has 246 valence electrons. The van der Waals surface area contributed by atoms with Gasteiger partial charge < -0.3 is 19.1 Å². The number of aryl methyl sites for hydroxylation is 1. The summed E-state index contributed by atoms with van der Waals surface area (Å²) >= 11 is 12.1. The van der Waals surface area contributed by atoms with E-state index in [4.69, 9.17) is 37.4 Å². The van der Waals surface area contributed by atoms with Crippen LogP contribution in [0.25, 0.3) is 0 Å². The van der Waals surface area contributed by atoms with Crippen molar-refractivity contribution in [3.8, 4) is 23.0 Å². The number of hydrogen-bond donors (Lipinski definition) is 0. The third-order valence-electron chi connectivity index (χ3n) is 7.44. The smallest absolute Gasteiger partial charge is 0.331 e. The maximum absolute atomic E-state index is 15.2. The van der Waals surface area contributed by atoms with Crippen LogP contribution in [0, 0.1) is 12.7 Å². The Labute approximate surface area is 274 Å². The van der Waals surface area contributed by atoms with Gasteiger partial charge in [-0.05, 0) is 61.2 Å². The van der Waals surface area contributed by atoms with E-state index in [1.54, 1.807) is 48.2 Å². The summed E-state index contributed by atoms with van der Waals surface area (Å²) in [5.41, 5.74) is 1.03. The maximum atomic E-state index is 15.2. The molecule has 0 spiro atoms. The van der Waals surface area contributed by atoms with Gasteiger partial charge >= 0.3 is 6.03 Å². The highest BCUT2D eigenvalue weighted by molar-refractivity contribution is 6.42. The Morgan fingerprint density at radius 1 is 1.00 bits per heavy atom. The number of nitrogens with zero attached hydrogens (tertiary/aromatic N) is 3. The molecule has 4 rings (SSSR count). The summed E-state index contributed by atoms with van der Waals surface area (Å²) in [5, 5.41) is 0.667. The van der Waals surface area contributed by atoms with E-state index in [-0.39, 0.29) is 18.0 Å². The van der Waals surface area contributed by atoms with E-state index >= 15 is 4.39 Å². The number of alkyl halides is 2. The number of imide groups is 1. The number of carbonyl (C=O) groups is 3. The van der Waals surface area contributed by atoms with Gasteiger partial charge in [0.05, 0.1) is 29.4 Å². The monoisotopic (exact) mass is 681 g/mol. The van der Waals surface area contributed by atoms with Crippen LogP contribution in [0.3, 0.4) is 0 Å². The Morgan fingerprint density at radius 2 is 1.72 bits per heavy atom. The lowest BCUT2D eigenvalue weighted by atomic mass is 10.0. The van der Waals surface area contributed by atoms with Gasteiger partial charge in [-0.3, -0.25) is 19.4 Å². The van der Waals surface area contributed by atoms with Crippen LogP contribution in [0.1, 0.15) is 24.0 Å². The Morgan fingerprint density at radius 3 is 2.33 bits per heavy atom. The zero-order valence-corrected chi connectivity index (χ0v) is 26.6. The minimum Gasteiger partial charge on any atom is -0.493 e. The first-order valence-electron chi connectivity index (χ1n) is 14.2. The van der Waals surface area contributed by atoms with E-state index in [1.807, 2.05) is 0 Å². The number of likely N-dealkylation sites (tertiary alicyclic amines) is 1. The van der Waals surface area contributed by atoms with Crippen LogP contribution in [-0.4, -0.2) is 74.3 Å². The van der Waals surface area contributed by atoms with Crippen molar-refractivity contribution in [1.29, 1.82) is 0 Å². The Balaban J connectivity index is 1.63. The lowest BCUT2D eigenvalue weighted by Gasteiger charge is -2.39. The van der Waals surface area contributed by atoms with Crippen molar-refractivity contribution in [2.45, 2.75) is 38.5 Å². The number of anilines is 1. The highest BCUT2D eigenvalue weighted by Crippen LogP contribution is 2.36. The maximum Gasteiger partial charge on any atom is 0.331 e. The van der Waals surface area contributed by atoms with E-state index in [9.17, 15) is 23.2 Å². The van der Waals surface area contributed by atoms with Crippen LogP contribution < -0.4 is 19.1 Å². The van der Waals surface area contributed by atoms with Gasteiger partial charge in [0.1, 0.15) is 19.1 Å². The molecule has 1 fully saturated rings. The number of carbonyl (C=O) groups excluding carboxylic acids is 3. The molecule has 0 saturated carbocycles. The van der Waals surface area contributed by atoms with Crippen molar-refractivity contribution < 1.29 is 41.8 Å². The summed E-state index contributed by atoms with van der Waals surface area (Å²) in [6.07, 6.45) is 0.325. The van der Waals surface area contributed by atoms with Gasteiger partial charge in [-0.1, -0.05) is 29.3 Å². The summed E-state index contributed by atoms with van der Waals surface area (Å²) in [6.45, 7) is -0.212. The average molecular weight is 683 g/mol. The normalized spacial score (nSPS) is 13.3. The Kier molecular flexibility index (Phi) is 12.0. The molecule has 1 heterocycles. The molecule has 0 radical (unpaired) electrons. The zero-order valence-electron chi connectivity index (χ0n) is 25.1. The molecule has 3 aromatic carbocycles. The number of hydrogen-bond acceptors (Lipinski definition) is 6. The van der Waals surface area contributed by atoms with Crippen molar-refractivity contribution in [3.05, 3.63) is 75.5 Å². The molecule has 1 saturated heterocycles. The van der Waals surface area contributed by atoms with Gasteiger partial charge in [-0.15, -0.1) is 0 Å². The third-order valence-corrected chi connectivity index (χ3v) is 8.18. The van der Waals surface area contributed by atoms with Gasteiger partial charge in [0.2, 0.25) is 12.8 Å². The predicted octanol–water partition coefficient (Wildman–Crippen LogP) is 7.13. The zero-order chi connectivity index (χ0) is 33.4. The number of urea groups is 1. The van der Waals surface area contributed by atoms with E-state index in [0.717, 1.165) is 11.0 Å². The number of methoxy groups -OCH3 is 1. The quantitative estimate of drug-likeness (QED) is 0.178. The Hall–Kier alpha value is -4.16. The lowest BCUT2D eigenvalue weighted by Crippen LogP contribution is -2.52. The van der Waals surface area contributed by atoms with E-state index < -0.39 is 37.3 Å². The van der Waals surface area contributed by atoms with Crippen LogP contribution in [0.5, 0.6) is 23.0 Å². The molecule has 0 atom stereocenters. The standard InChI is InChI=1S/C32H32Cl2F3N3O6/c1-20-11-30(46-24(15-35)16-36)27(37)14-28(20)40(22-7-9-38(18-41)10-8-22)32(43)39(19-42)17-21-3-6-29(31(12-21)44-2)45-23-4-5-25(33)26(34)13-23/h3-6,11-14,18-19,22,24H,7-10,15-17H2,1-2H3. The predicted molar refractivity (Wildman–Crippen MR) is 167 cm³/mol. The number of benzene rings is 3. The molecule has 0 N–H and O–H groups in total.